The molecule has 0 aromatic carbocycles. The van der Waals surface area contributed by atoms with Gasteiger partial charge in [-0.3, -0.25) is 4.79 Å². The van der Waals surface area contributed by atoms with Crippen molar-refractivity contribution in [3.05, 3.63) is 33.8 Å². The molecule has 14 heavy (non-hydrogen) atoms. The normalized spacial score (nSPS) is 10.4. The van der Waals surface area contributed by atoms with Crippen LogP contribution in [0, 0.1) is 6.92 Å². The number of carbonyl (C=O) groups is 1. The van der Waals surface area contributed by atoms with E-state index in [0.29, 0.717) is 12.1 Å². The lowest BCUT2D eigenvalue weighted by Crippen LogP contribution is -2.03. The number of rotatable bonds is 3. The number of aromatic amines is 1. The molecule has 2 aromatic heterocycles. The number of hydrogen-bond acceptors (Lipinski definition) is 4. The predicted molar refractivity (Wildman–Crippen MR) is 53.5 cm³/mol. The van der Waals surface area contributed by atoms with Crippen molar-refractivity contribution in [2.45, 2.75) is 13.3 Å². The fourth-order valence-corrected chi connectivity index (χ4v) is 1.91. The molecule has 5 heteroatoms. The molecule has 72 valence electrons. The summed E-state index contributed by atoms with van der Waals surface area (Å²) in [5.41, 5.74) is 1.44. The molecule has 1 N–H and O–H groups in total. The third-order valence-electron chi connectivity index (χ3n) is 1.85. The van der Waals surface area contributed by atoms with Crippen molar-refractivity contribution in [1.82, 2.24) is 15.4 Å². The van der Waals surface area contributed by atoms with Gasteiger partial charge in [0.25, 0.3) is 0 Å². The van der Waals surface area contributed by atoms with Crippen LogP contribution in [0.4, 0.5) is 0 Å². The Bertz CT molecular complexity index is 433. The van der Waals surface area contributed by atoms with Crippen LogP contribution in [0.15, 0.2) is 17.6 Å². The van der Waals surface area contributed by atoms with E-state index in [4.69, 9.17) is 0 Å². The second-order valence-electron chi connectivity index (χ2n) is 3.02. The van der Waals surface area contributed by atoms with Gasteiger partial charge in [0.2, 0.25) is 0 Å². The second kappa shape index (κ2) is 3.71. The van der Waals surface area contributed by atoms with Gasteiger partial charge in [0.05, 0.1) is 6.20 Å². The summed E-state index contributed by atoms with van der Waals surface area (Å²) in [7, 11) is 0. The summed E-state index contributed by atoms with van der Waals surface area (Å²) in [6, 6.07) is 2.02. The van der Waals surface area contributed by atoms with Crippen LogP contribution in [0.2, 0.25) is 0 Å². The monoisotopic (exact) mass is 207 g/mol. The molecule has 0 spiro atoms. The summed E-state index contributed by atoms with van der Waals surface area (Å²) in [5, 5.41) is 11.7. The topological polar surface area (TPSA) is 58.6 Å². The molecule has 0 radical (unpaired) electrons. The van der Waals surface area contributed by atoms with Crippen LogP contribution in [0.5, 0.6) is 0 Å². The quantitative estimate of drug-likeness (QED) is 0.778. The fraction of sp³-hybridized carbons (Fsp3) is 0.222. The zero-order valence-corrected chi connectivity index (χ0v) is 8.47. The molecule has 4 nitrogen and oxygen atoms in total. The van der Waals surface area contributed by atoms with Gasteiger partial charge < -0.3 is 0 Å². The summed E-state index contributed by atoms with van der Waals surface area (Å²) in [5.74, 6) is -0.00319. The van der Waals surface area contributed by atoms with Gasteiger partial charge in [0, 0.05) is 11.3 Å². The molecule has 0 atom stereocenters. The summed E-state index contributed by atoms with van der Waals surface area (Å²) in [4.78, 5) is 12.8. The summed E-state index contributed by atoms with van der Waals surface area (Å²) < 4.78 is 0. The van der Waals surface area contributed by atoms with E-state index in [1.807, 2.05) is 18.4 Å². The van der Waals surface area contributed by atoms with Gasteiger partial charge in [0.15, 0.2) is 5.78 Å². The molecular formula is C9H9N3OS. The standard InChI is InChI=1S/C9H9N3OS/c1-6-2-7(5-14-6)3-9(13)8-4-10-12-11-8/h2,4-5H,3H2,1H3,(H,10,11,12). The molecule has 0 fully saturated rings. The van der Waals surface area contributed by atoms with Crippen LogP contribution in [0.25, 0.3) is 0 Å². The van der Waals surface area contributed by atoms with E-state index in [9.17, 15) is 4.79 Å². The Balaban J connectivity index is 2.09. The molecule has 0 aliphatic carbocycles. The Morgan fingerprint density at radius 3 is 3.07 bits per heavy atom. The van der Waals surface area contributed by atoms with Gasteiger partial charge in [-0.25, -0.2) is 0 Å². The van der Waals surface area contributed by atoms with Crippen molar-refractivity contribution in [2.24, 2.45) is 0 Å². The number of nitrogens with one attached hydrogen (secondary N) is 1. The second-order valence-corrected chi connectivity index (χ2v) is 4.14. The van der Waals surface area contributed by atoms with E-state index in [1.165, 1.54) is 11.1 Å². The largest absolute Gasteiger partial charge is 0.292 e. The number of thiophene rings is 1. The summed E-state index contributed by atoms with van der Waals surface area (Å²) in [6.07, 6.45) is 1.85. The molecule has 2 heterocycles. The SMILES string of the molecule is Cc1cc(CC(=O)c2cn[nH]n2)cs1. The minimum absolute atomic E-state index is 0.00319. The average Bonchev–Trinajstić information content (AvgIpc) is 2.75. The molecule has 0 amide bonds. The molecule has 0 saturated carbocycles. The maximum absolute atomic E-state index is 11.6. The van der Waals surface area contributed by atoms with Crippen molar-refractivity contribution in [2.75, 3.05) is 0 Å². The van der Waals surface area contributed by atoms with E-state index in [2.05, 4.69) is 15.4 Å². The average molecular weight is 207 g/mol. The van der Waals surface area contributed by atoms with Crippen LogP contribution >= 0.6 is 11.3 Å². The van der Waals surface area contributed by atoms with Crippen LogP contribution < -0.4 is 0 Å². The highest BCUT2D eigenvalue weighted by Gasteiger charge is 2.10. The maximum Gasteiger partial charge on any atom is 0.189 e. The molecule has 0 aliphatic rings. The maximum atomic E-state index is 11.6. The number of aromatic nitrogens is 3. The number of Topliss-reactive ketones (excluding diaryl/α,β-unsaturated/α-hetero) is 1. The smallest absolute Gasteiger partial charge is 0.189 e. The number of hydrogen-bond donors (Lipinski definition) is 1. The number of ketones is 1. The first-order valence-electron chi connectivity index (χ1n) is 4.18. The molecule has 0 saturated heterocycles. The van der Waals surface area contributed by atoms with Crippen LogP contribution in [-0.2, 0) is 6.42 Å². The molecule has 0 unspecified atom stereocenters. The zero-order valence-electron chi connectivity index (χ0n) is 7.65. The minimum atomic E-state index is -0.00319. The lowest BCUT2D eigenvalue weighted by molar-refractivity contribution is 0.0988. The van der Waals surface area contributed by atoms with Gasteiger partial charge in [-0.15, -0.1) is 11.3 Å². The first-order chi connectivity index (χ1) is 6.75. The molecule has 0 aliphatic heterocycles. The number of carbonyl (C=O) groups excluding carboxylic acids is 1. The van der Waals surface area contributed by atoms with Crippen LogP contribution in [0.3, 0.4) is 0 Å². The zero-order chi connectivity index (χ0) is 9.97. The van der Waals surface area contributed by atoms with E-state index in [0.717, 1.165) is 5.56 Å². The Kier molecular flexibility index (Phi) is 2.41. The summed E-state index contributed by atoms with van der Waals surface area (Å²) >= 11 is 1.65. The highest BCUT2D eigenvalue weighted by Crippen LogP contribution is 2.14. The molecule has 2 aromatic rings. The Morgan fingerprint density at radius 2 is 2.50 bits per heavy atom. The van der Waals surface area contributed by atoms with E-state index >= 15 is 0 Å². The van der Waals surface area contributed by atoms with E-state index < -0.39 is 0 Å². The van der Waals surface area contributed by atoms with Gasteiger partial charge in [0.1, 0.15) is 5.69 Å². The van der Waals surface area contributed by atoms with Gasteiger partial charge >= 0.3 is 0 Å². The van der Waals surface area contributed by atoms with Crippen molar-refractivity contribution < 1.29 is 4.79 Å². The lowest BCUT2D eigenvalue weighted by atomic mass is 10.1. The van der Waals surface area contributed by atoms with Crippen LogP contribution in [0.1, 0.15) is 20.9 Å². The van der Waals surface area contributed by atoms with Gasteiger partial charge in [-0.2, -0.15) is 15.4 Å². The first-order valence-corrected chi connectivity index (χ1v) is 5.06. The predicted octanol–water partition coefficient (Wildman–Crippen LogP) is 1.60. The number of nitrogens with zero attached hydrogens (tertiary/aromatic N) is 2. The third kappa shape index (κ3) is 1.88. The third-order valence-corrected chi connectivity index (χ3v) is 2.76. The minimum Gasteiger partial charge on any atom is -0.292 e. The van der Waals surface area contributed by atoms with Crippen molar-refractivity contribution in [1.29, 1.82) is 0 Å². The van der Waals surface area contributed by atoms with Crippen molar-refractivity contribution >= 4 is 17.1 Å². The van der Waals surface area contributed by atoms with Crippen LogP contribution in [-0.4, -0.2) is 21.2 Å². The highest BCUT2D eigenvalue weighted by atomic mass is 32.1. The van der Waals surface area contributed by atoms with Crippen molar-refractivity contribution in [3.63, 3.8) is 0 Å². The van der Waals surface area contributed by atoms with E-state index in [-0.39, 0.29) is 5.78 Å². The molecule has 0 bridgehead atoms. The fourth-order valence-electron chi connectivity index (χ4n) is 1.20. The van der Waals surface area contributed by atoms with Gasteiger partial charge in [-0.05, 0) is 23.9 Å². The Labute approximate surface area is 85.0 Å². The first kappa shape index (κ1) is 9.08. The Morgan fingerprint density at radius 1 is 1.64 bits per heavy atom. The Hall–Kier alpha value is -1.49. The summed E-state index contributed by atoms with van der Waals surface area (Å²) in [6.45, 7) is 2.02. The highest BCUT2D eigenvalue weighted by molar-refractivity contribution is 7.10. The van der Waals surface area contributed by atoms with E-state index in [1.54, 1.807) is 11.3 Å². The lowest BCUT2D eigenvalue weighted by Gasteiger charge is -1.92. The van der Waals surface area contributed by atoms with Gasteiger partial charge in [-0.1, -0.05) is 0 Å². The molecule has 2 rings (SSSR count). The molecular weight excluding hydrogens is 198 g/mol. The number of H-pyrrole nitrogens is 1. The van der Waals surface area contributed by atoms with Crippen molar-refractivity contribution in [3.8, 4) is 0 Å². The number of aryl methyl sites for hydroxylation is 1.